The first kappa shape index (κ1) is 11.6. The molecule has 17 heavy (non-hydrogen) atoms. The monoisotopic (exact) mass is 227 g/mol. The Hall–Kier alpha value is -1.87. The van der Waals surface area contributed by atoms with Crippen LogP contribution in [0.4, 0.5) is 11.5 Å². The van der Waals surface area contributed by atoms with Crippen molar-refractivity contribution >= 4 is 11.5 Å². The van der Waals surface area contributed by atoms with Crippen molar-refractivity contribution in [3.63, 3.8) is 0 Å². The van der Waals surface area contributed by atoms with Crippen LogP contribution in [0, 0.1) is 13.8 Å². The van der Waals surface area contributed by atoms with Crippen LogP contribution >= 0.6 is 0 Å². The van der Waals surface area contributed by atoms with Gasteiger partial charge in [-0.05, 0) is 48.7 Å². The molecule has 2 rings (SSSR count). The van der Waals surface area contributed by atoms with Gasteiger partial charge in [0.1, 0.15) is 5.82 Å². The Balaban J connectivity index is 2.16. The van der Waals surface area contributed by atoms with Gasteiger partial charge in [-0.15, -0.1) is 0 Å². The van der Waals surface area contributed by atoms with Gasteiger partial charge in [0.2, 0.25) is 0 Å². The fourth-order valence-electron chi connectivity index (χ4n) is 1.59. The Labute approximate surface area is 102 Å². The predicted octanol–water partition coefficient (Wildman–Crippen LogP) is 2.90. The Bertz CT molecular complexity index is 503. The van der Waals surface area contributed by atoms with Crippen LogP contribution in [-0.4, -0.2) is 4.98 Å². The maximum absolute atomic E-state index is 5.53. The van der Waals surface area contributed by atoms with E-state index in [1.54, 1.807) is 6.20 Å². The van der Waals surface area contributed by atoms with Gasteiger partial charge in [-0.2, -0.15) is 0 Å². The van der Waals surface area contributed by atoms with E-state index in [9.17, 15) is 0 Å². The Morgan fingerprint density at radius 1 is 1.12 bits per heavy atom. The van der Waals surface area contributed by atoms with Crippen LogP contribution in [0.1, 0.15) is 16.7 Å². The van der Waals surface area contributed by atoms with Crippen LogP contribution in [-0.2, 0) is 6.54 Å². The number of rotatable bonds is 3. The first-order chi connectivity index (χ1) is 8.19. The van der Waals surface area contributed by atoms with Crippen molar-refractivity contribution < 1.29 is 0 Å². The number of nitrogens with one attached hydrogen (secondary N) is 1. The molecule has 0 amide bonds. The van der Waals surface area contributed by atoms with Crippen molar-refractivity contribution in [3.05, 3.63) is 53.2 Å². The Morgan fingerprint density at radius 2 is 1.94 bits per heavy atom. The SMILES string of the molecule is Cc1ccc(Nc2ccc(CN)cn2)cc1C. The maximum Gasteiger partial charge on any atom is 0.130 e. The van der Waals surface area contributed by atoms with Gasteiger partial charge < -0.3 is 11.1 Å². The van der Waals surface area contributed by atoms with E-state index in [1.165, 1.54) is 11.1 Å². The highest BCUT2D eigenvalue weighted by atomic mass is 15.0. The average molecular weight is 227 g/mol. The minimum atomic E-state index is 0.525. The second kappa shape index (κ2) is 4.97. The highest BCUT2D eigenvalue weighted by Gasteiger charge is 1.98. The molecule has 1 aromatic heterocycles. The molecule has 3 N–H and O–H groups in total. The summed E-state index contributed by atoms with van der Waals surface area (Å²) in [6, 6.07) is 10.2. The second-order valence-electron chi connectivity index (χ2n) is 4.18. The molecule has 0 fully saturated rings. The van der Waals surface area contributed by atoms with E-state index in [0.29, 0.717) is 6.54 Å². The molecule has 3 nitrogen and oxygen atoms in total. The number of benzene rings is 1. The topological polar surface area (TPSA) is 50.9 Å². The third-order valence-corrected chi connectivity index (χ3v) is 2.84. The molecule has 0 saturated carbocycles. The van der Waals surface area contributed by atoms with Gasteiger partial charge >= 0.3 is 0 Å². The van der Waals surface area contributed by atoms with E-state index < -0.39 is 0 Å². The van der Waals surface area contributed by atoms with Gasteiger partial charge in [-0.1, -0.05) is 12.1 Å². The normalized spacial score (nSPS) is 10.3. The summed E-state index contributed by atoms with van der Waals surface area (Å²) in [5, 5.41) is 3.27. The molecule has 0 aliphatic rings. The molecule has 2 aromatic rings. The van der Waals surface area contributed by atoms with E-state index in [4.69, 9.17) is 5.73 Å². The van der Waals surface area contributed by atoms with Crippen molar-refractivity contribution in [1.29, 1.82) is 0 Å². The van der Waals surface area contributed by atoms with Gasteiger partial charge in [-0.25, -0.2) is 4.98 Å². The number of nitrogens with zero attached hydrogens (tertiary/aromatic N) is 1. The molecule has 0 saturated heterocycles. The first-order valence-electron chi connectivity index (χ1n) is 5.68. The number of pyridine rings is 1. The number of hydrogen-bond donors (Lipinski definition) is 2. The van der Waals surface area contributed by atoms with Crippen molar-refractivity contribution in [2.75, 3.05) is 5.32 Å². The lowest BCUT2D eigenvalue weighted by Crippen LogP contribution is -1.99. The highest BCUT2D eigenvalue weighted by molar-refractivity contribution is 5.57. The predicted molar refractivity (Wildman–Crippen MR) is 71.3 cm³/mol. The zero-order chi connectivity index (χ0) is 12.3. The minimum Gasteiger partial charge on any atom is -0.340 e. The molecular formula is C14H17N3. The van der Waals surface area contributed by atoms with E-state index in [-0.39, 0.29) is 0 Å². The van der Waals surface area contributed by atoms with Crippen LogP contribution in [0.15, 0.2) is 36.5 Å². The summed E-state index contributed by atoms with van der Waals surface area (Å²) >= 11 is 0. The van der Waals surface area contributed by atoms with E-state index in [0.717, 1.165) is 17.1 Å². The van der Waals surface area contributed by atoms with Gasteiger partial charge in [0.15, 0.2) is 0 Å². The Morgan fingerprint density at radius 3 is 2.53 bits per heavy atom. The second-order valence-corrected chi connectivity index (χ2v) is 4.18. The number of hydrogen-bond acceptors (Lipinski definition) is 3. The minimum absolute atomic E-state index is 0.525. The Kier molecular flexibility index (Phi) is 3.40. The molecular weight excluding hydrogens is 210 g/mol. The van der Waals surface area contributed by atoms with Crippen LogP contribution in [0.25, 0.3) is 0 Å². The molecule has 3 heteroatoms. The molecule has 1 aromatic carbocycles. The summed E-state index contributed by atoms with van der Waals surface area (Å²) in [6.45, 7) is 4.73. The first-order valence-corrected chi connectivity index (χ1v) is 5.68. The molecule has 0 aliphatic carbocycles. The quantitative estimate of drug-likeness (QED) is 0.847. The van der Waals surface area contributed by atoms with Crippen LogP contribution < -0.4 is 11.1 Å². The molecule has 88 valence electrons. The third-order valence-electron chi connectivity index (χ3n) is 2.84. The van der Waals surface area contributed by atoms with E-state index in [1.807, 2.05) is 12.1 Å². The van der Waals surface area contributed by atoms with Gasteiger partial charge in [0.25, 0.3) is 0 Å². The summed E-state index contributed by atoms with van der Waals surface area (Å²) in [5.41, 5.74) is 10.2. The number of anilines is 2. The van der Waals surface area contributed by atoms with Crippen molar-refractivity contribution in [2.45, 2.75) is 20.4 Å². The highest BCUT2D eigenvalue weighted by Crippen LogP contribution is 2.18. The summed E-state index contributed by atoms with van der Waals surface area (Å²) in [7, 11) is 0. The lowest BCUT2D eigenvalue weighted by atomic mass is 10.1. The molecule has 0 spiro atoms. The van der Waals surface area contributed by atoms with Crippen molar-refractivity contribution in [2.24, 2.45) is 5.73 Å². The van der Waals surface area contributed by atoms with Crippen LogP contribution in [0.5, 0.6) is 0 Å². The average Bonchev–Trinajstić information content (AvgIpc) is 2.35. The molecule has 0 unspecified atom stereocenters. The third kappa shape index (κ3) is 2.82. The van der Waals surface area contributed by atoms with Crippen molar-refractivity contribution in [3.8, 4) is 0 Å². The van der Waals surface area contributed by atoms with E-state index in [2.05, 4.69) is 42.3 Å². The fourth-order valence-corrected chi connectivity index (χ4v) is 1.59. The summed E-state index contributed by atoms with van der Waals surface area (Å²) in [5.74, 6) is 0.838. The van der Waals surface area contributed by atoms with Gasteiger partial charge in [0.05, 0.1) is 0 Å². The lowest BCUT2D eigenvalue weighted by molar-refractivity contribution is 1.05. The number of aromatic nitrogens is 1. The van der Waals surface area contributed by atoms with Crippen LogP contribution in [0.2, 0.25) is 0 Å². The zero-order valence-electron chi connectivity index (χ0n) is 10.2. The number of aryl methyl sites for hydroxylation is 2. The summed E-state index contributed by atoms with van der Waals surface area (Å²) in [6.07, 6.45) is 1.80. The molecule has 0 atom stereocenters. The standard InChI is InChI=1S/C14H17N3/c1-10-3-5-13(7-11(10)2)17-14-6-4-12(8-15)9-16-14/h3-7,9H,8,15H2,1-2H3,(H,16,17). The van der Waals surface area contributed by atoms with Crippen LogP contribution in [0.3, 0.4) is 0 Å². The number of nitrogens with two attached hydrogens (primary N) is 1. The summed E-state index contributed by atoms with van der Waals surface area (Å²) in [4.78, 5) is 4.31. The maximum atomic E-state index is 5.53. The molecule has 1 heterocycles. The van der Waals surface area contributed by atoms with Gasteiger partial charge in [-0.3, -0.25) is 0 Å². The molecule has 0 aliphatic heterocycles. The zero-order valence-corrected chi connectivity index (χ0v) is 10.2. The van der Waals surface area contributed by atoms with Gasteiger partial charge in [0, 0.05) is 18.4 Å². The fraction of sp³-hybridized carbons (Fsp3) is 0.214. The molecule has 0 radical (unpaired) electrons. The van der Waals surface area contributed by atoms with Crippen molar-refractivity contribution in [1.82, 2.24) is 4.98 Å². The van der Waals surface area contributed by atoms with E-state index >= 15 is 0 Å². The smallest absolute Gasteiger partial charge is 0.130 e. The lowest BCUT2D eigenvalue weighted by Gasteiger charge is -2.08. The molecule has 0 bridgehead atoms. The summed E-state index contributed by atoms with van der Waals surface area (Å²) < 4.78 is 0. The largest absolute Gasteiger partial charge is 0.340 e.